The Hall–Kier alpha value is -0.910. The van der Waals surface area contributed by atoms with E-state index in [1.165, 1.54) is 4.90 Å². The highest BCUT2D eigenvalue weighted by molar-refractivity contribution is 5.70. The quantitative estimate of drug-likeness (QED) is 0.752. The summed E-state index contributed by atoms with van der Waals surface area (Å²) in [4.78, 5) is 12.6. The molecule has 1 heterocycles. The number of nitrogens with zero attached hydrogens (tertiary/aromatic N) is 1. The number of amides is 1. The van der Waals surface area contributed by atoms with Crippen LogP contribution in [-0.2, 0) is 4.74 Å². The Morgan fingerprint density at radius 3 is 2.06 bits per heavy atom. The van der Waals surface area contributed by atoms with Crippen molar-refractivity contribution in [2.24, 2.45) is 5.73 Å². The number of hydrogen-bond donors (Lipinski definition) is 1. The Bertz CT molecular complexity index is 288. The molecule has 16 heavy (non-hydrogen) atoms. The topological polar surface area (TPSA) is 55.6 Å². The average Bonchev–Trinajstić information content (AvgIpc) is 1.92. The van der Waals surface area contributed by atoms with Gasteiger partial charge in [0.2, 0.25) is 0 Å². The normalized spacial score (nSPS) is 20.3. The van der Waals surface area contributed by atoms with Gasteiger partial charge >= 0.3 is 6.09 Å². The van der Waals surface area contributed by atoms with E-state index in [9.17, 15) is 13.6 Å². The van der Waals surface area contributed by atoms with Gasteiger partial charge in [-0.2, -0.15) is 0 Å². The van der Waals surface area contributed by atoms with E-state index >= 15 is 0 Å². The van der Waals surface area contributed by atoms with E-state index in [-0.39, 0.29) is 13.1 Å². The predicted molar refractivity (Wildman–Crippen MR) is 55.3 cm³/mol. The molecule has 0 bridgehead atoms. The second-order valence-corrected chi connectivity index (χ2v) is 5.38. The van der Waals surface area contributed by atoms with Gasteiger partial charge in [0.25, 0.3) is 5.92 Å². The number of halogens is 2. The molecule has 0 spiro atoms. The highest BCUT2D eigenvalue weighted by atomic mass is 19.3. The number of nitrogens with two attached hydrogens (primary N) is 1. The molecule has 0 saturated carbocycles. The molecular formula is C10H18F2N2O2. The summed E-state index contributed by atoms with van der Waals surface area (Å²) in [6.45, 7) is 5.56. The van der Waals surface area contributed by atoms with Crippen LogP contribution in [0, 0.1) is 0 Å². The minimum absolute atomic E-state index is 0.175. The molecule has 0 radical (unpaired) electrons. The van der Waals surface area contributed by atoms with Crippen molar-refractivity contribution in [1.29, 1.82) is 0 Å². The molecule has 6 heteroatoms. The standard InChI is InChI=1S/C10H18F2N2O2/c1-8(2,3)16-7(15)14-5-10(13,6-14)9(4,11)12/h5-6,13H2,1-4H3. The number of ether oxygens (including phenoxy) is 1. The summed E-state index contributed by atoms with van der Waals surface area (Å²) in [5.41, 5.74) is 3.22. The number of rotatable bonds is 1. The molecule has 94 valence electrons. The van der Waals surface area contributed by atoms with Crippen molar-refractivity contribution in [3.63, 3.8) is 0 Å². The van der Waals surface area contributed by atoms with Gasteiger partial charge in [-0.3, -0.25) is 0 Å². The van der Waals surface area contributed by atoms with E-state index in [4.69, 9.17) is 10.5 Å². The van der Waals surface area contributed by atoms with Gasteiger partial charge in [-0.15, -0.1) is 0 Å². The second-order valence-electron chi connectivity index (χ2n) is 5.38. The van der Waals surface area contributed by atoms with E-state index in [0.29, 0.717) is 0 Å². The molecule has 0 aliphatic carbocycles. The fourth-order valence-corrected chi connectivity index (χ4v) is 1.37. The lowest BCUT2D eigenvalue weighted by atomic mass is 9.85. The third-order valence-corrected chi connectivity index (χ3v) is 2.47. The SMILES string of the molecule is CC(C)(C)OC(=O)N1CC(N)(C(C)(F)F)C1. The van der Waals surface area contributed by atoms with E-state index < -0.39 is 23.2 Å². The number of alkyl halides is 2. The van der Waals surface area contributed by atoms with Gasteiger partial charge in [-0.25, -0.2) is 13.6 Å². The fraction of sp³-hybridized carbons (Fsp3) is 0.900. The van der Waals surface area contributed by atoms with Crippen molar-refractivity contribution < 1.29 is 18.3 Å². The molecule has 1 rings (SSSR count). The van der Waals surface area contributed by atoms with Crippen molar-refractivity contribution in [2.75, 3.05) is 13.1 Å². The minimum Gasteiger partial charge on any atom is -0.444 e. The van der Waals surface area contributed by atoms with E-state index in [2.05, 4.69) is 0 Å². The van der Waals surface area contributed by atoms with Crippen molar-refractivity contribution in [3.8, 4) is 0 Å². The van der Waals surface area contributed by atoms with Crippen molar-refractivity contribution in [2.45, 2.75) is 44.8 Å². The van der Waals surface area contributed by atoms with Crippen LogP contribution in [0.15, 0.2) is 0 Å². The predicted octanol–water partition coefficient (Wildman–Crippen LogP) is 1.59. The van der Waals surface area contributed by atoms with Crippen LogP contribution in [-0.4, -0.2) is 41.1 Å². The largest absolute Gasteiger partial charge is 0.444 e. The second kappa shape index (κ2) is 3.55. The highest BCUT2D eigenvalue weighted by Gasteiger charge is 2.57. The number of carbonyl (C=O) groups is 1. The van der Waals surface area contributed by atoms with Crippen LogP contribution in [0.4, 0.5) is 13.6 Å². The molecule has 1 amide bonds. The smallest absolute Gasteiger partial charge is 0.410 e. The summed E-state index contributed by atoms with van der Waals surface area (Å²) in [6, 6.07) is 0. The van der Waals surface area contributed by atoms with E-state index in [1.54, 1.807) is 20.8 Å². The van der Waals surface area contributed by atoms with Gasteiger partial charge in [0.05, 0.1) is 0 Å². The summed E-state index contributed by atoms with van der Waals surface area (Å²) in [6.07, 6.45) is -0.599. The van der Waals surface area contributed by atoms with Crippen LogP contribution in [0.1, 0.15) is 27.7 Å². The molecule has 1 fully saturated rings. The van der Waals surface area contributed by atoms with Gasteiger partial charge in [-0.1, -0.05) is 0 Å². The molecule has 4 nitrogen and oxygen atoms in total. The van der Waals surface area contributed by atoms with Gasteiger partial charge < -0.3 is 15.4 Å². The molecular weight excluding hydrogens is 218 g/mol. The molecule has 1 aliphatic heterocycles. The molecule has 1 saturated heterocycles. The Balaban J connectivity index is 2.51. The average molecular weight is 236 g/mol. The maximum absolute atomic E-state index is 13.0. The summed E-state index contributed by atoms with van der Waals surface area (Å²) in [7, 11) is 0. The Labute approximate surface area is 93.7 Å². The first kappa shape index (κ1) is 13.2. The van der Waals surface area contributed by atoms with E-state index in [1.807, 2.05) is 0 Å². The van der Waals surface area contributed by atoms with Crippen LogP contribution < -0.4 is 5.73 Å². The van der Waals surface area contributed by atoms with Crippen LogP contribution in [0.3, 0.4) is 0 Å². The summed E-state index contributed by atoms with van der Waals surface area (Å²) in [5.74, 6) is -2.99. The number of hydrogen-bond acceptors (Lipinski definition) is 3. The van der Waals surface area contributed by atoms with Crippen LogP contribution in [0.2, 0.25) is 0 Å². The summed E-state index contributed by atoms with van der Waals surface area (Å²) in [5, 5.41) is 0. The molecule has 1 aliphatic rings. The Morgan fingerprint density at radius 2 is 1.75 bits per heavy atom. The molecule has 0 aromatic heterocycles. The van der Waals surface area contributed by atoms with Gasteiger partial charge in [0.1, 0.15) is 11.1 Å². The molecule has 0 unspecified atom stereocenters. The highest BCUT2D eigenvalue weighted by Crippen LogP contribution is 2.34. The third kappa shape index (κ3) is 2.61. The monoisotopic (exact) mass is 236 g/mol. The van der Waals surface area contributed by atoms with Gasteiger partial charge in [0, 0.05) is 20.0 Å². The lowest BCUT2D eigenvalue weighted by Crippen LogP contribution is -2.75. The molecule has 0 atom stereocenters. The minimum atomic E-state index is -2.99. The van der Waals surface area contributed by atoms with Crippen LogP contribution >= 0.6 is 0 Å². The third-order valence-electron chi connectivity index (χ3n) is 2.47. The molecule has 2 N–H and O–H groups in total. The zero-order valence-electron chi connectivity index (χ0n) is 10.0. The Morgan fingerprint density at radius 1 is 1.31 bits per heavy atom. The first-order valence-corrected chi connectivity index (χ1v) is 5.09. The van der Waals surface area contributed by atoms with Crippen LogP contribution in [0.5, 0.6) is 0 Å². The maximum atomic E-state index is 13.0. The fourth-order valence-electron chi connectivity index (χ4n) is 1.37. The zero-order chi connectivity index (χ0) is 12.8. The summed E-state index contributed by atoms with van der Waals surface area (Å²) < 4.78 is 31.1. The van der Waals surface area contributed by atoms with Crippen molar-refractivity contribution >= 4 is 6.09 Å². The first-order chi connectivity index (χ1) is 6.95. The maximum Gasteiger partial charge on any atom is 0.410 e. The Kier molecular flexibility index (Phi) is 2.92. The zero-order valence-corrected chi connectivity index (χ0v) is 10.0. The van der Waals surface area contributed by atoms with Gasteiger partial charge in [0.15, 0.2) is 0 Å². The lowest BCUT2D eigenvalue weighted by Gasteiger charge is -2.49. The van der Waals surface area contributed by atoms with Crippen LogP contribution in [0.25, 0.3) is 0 Å². The molecule has 0 aromatic rings. The van der Waals surface area contributed by atoms with Crippen molar-refractivity contribution in [1.82, 2.24) is 4.90 Å². The number of likely N-dealkylation sites (tertiary alicyclic amines) is 1. The van der Waals surface area contributed by atoms with E-state index in [0.717, 1.165) is 6.92 Å². The van der Waals surface area contributed by atoms with Crippen molar-refractivity contribution in [3.05, 3.63) is 0 Å². The number of carbonyl (C=O) groups excluding carboxylic acids is 1. The summed E-state index contributed by atoms with van der Waals surface area (Å²) >= 11 is 0. The lowest BCUT2D eigenvalue weighted by molar-refractivity contribution is -0.120. The van der Waals surface area contributed by atoms with Gasteiger partial charge in [-0.05, 0) is 20.8 Å². The first-order valence-electron chi connectivity index (χ1n) is 5.09. The molecule has 0 aromatic carbocycles.